The molecule has 0 aromatic carbocycles. The number of hydrogen-bond donors (Lipinski definition) is 1. The number of aromatic nitrogens is 1. The van der Waals surface area contributed by atoms with Crippen LogP contribution >= 0.6 is 11.6 Å². The fourth-order valence-corrected chi connectivity index (χ4v) is 3.23. The number of ether oxygens (including phenoxy) is 1. The Labute approximate surface area is 123 Å². The van der Waals surface area contributed by atoms with E-state index >= 15 is 0 Å². The number of carbonyl (C=O) groups excluding carboxylic acids is 1. The van der Waals surface area contributed by atoms with Crippen LogP contribution in [-0.4, -0.2) is 42.0 Å². The van der Waals surface area contributed by atoms with Crippen LogP contribution in [0.2, 0.25) is 5.15 Å². The maximum Gasteiger partial charge on any atom is 0.219 e. The molecule has 1 amide bonds. The SMILES string of the molecule is COc1nc(Cl)cc2c1C(NC1CN(C(C)=O)C1)CC2. The molecule has 1 unspecified atom stereocenters. The van der Waals surface area contributed by atoms with Crippen molar-refractivity contribution in [3.8, 4) is 5.88 Å². The van der Waals surface area contributed by atoms with Crippen molar-refractivity contribution < 1.29 is 9.53 Å². The summed E-state index contributed by atoms with van der Waals surface area (Å²) in [5, 5.41) is 4.07. The first kappa shape index (κ1) is 13.6. The zero-order chi connectivity index (χ0) is 14.3. The number of methoxy groups -OCH3 is 1. The summed E-state index contributed by atoms with van der Waals surface area (Å²) in [7, 11) is 1.62. The van der Waals surface area contributed by atoms with Crippen LogP contribution in [0.4, 0.5) is 0 Å². The van der Waals surface area contributed by atoms with Gasteiger partial charge in [0.15, 0.2) is 0 Å². The summed E-state index contributed by atoms with van der Waals surface area (Å²) in [5.74, 6) is 0.756. The Kier molecular flexibility index (Phi) is 3.56. The molecule has 108 valence electrons. The number of pyridine rings is 1. The number of amides is 1. The van der Waals surface area contributed by atoms with Gasteiger partial charge in [0.25, 0.3) is 0 Å². The Bertz CT molecular complexity index is 543. The lowest BCUT2D eigenvalue weighted by Crippen LogP contribution is -2.59. The number of nitrogens with one attached hydrogen (secondary N) is 1. The van der Waals surface area contributed by atoms with Gasteiger partial charge in [-0.3, -0.25) is 4.79 Å². The molecule has 0 spiro atoms. The molecular formula is C14H18ClN3O2. The van der Waals surface area contributed by atoms with Crippen molar-refractivity contribution in [1.82, 2.24) is 15.2 Å². The Morgan fingerprint density at radius 2 is 2.30 bits per heavy atom. The average Bonchev–Trinajstić information content (AvgIpc) is 2.74. The Morgan fingerprint density at radius 1 is 1.55 bits per heavy atom. The third-order valence-corrected chi connectivity index (χ3v) is 4.28. The summed E-state index contributed by atoms with van der Waals surface area (Å²) in [6.45, 7) is 3.17. The number of hydrogen-bond acceptors (Lipinski definition) is 4. The standard InChI is InChI=1S/C14H18ClN3O2/c1-8(19)18-6-10(7-18)16-11-4-3-9-5-12(15)17-14(20-2)13(9)11/h5,10-11,16H,3-4,6-7H2,1-2H3. The van der Waals surface area contributed by atoms with E-state index in [-0.39, 0.29) is 11.9 Å². The molecule has 1 atom stereocenters. The van der Waals surface area contributed by atoms with E-state index in [4.69, 9.17) is 16.3 Å². The second-order valence-corrected chi connectivity index (χ2v) is 5.79. The normalized spacial score (nSPS) is 21.6. The maximum absolute atomic E-state index is 11.2. The average molecular weight is 296 g/mol. The Morgan fingerprint density at radius 3 is 2.95 bits per heavy atom. The highest BCUT2D eigenvalue weighted by Crippen LogP contribution is 2.38. The van der Waals surface area contributed by atoms with Crippen LogP contribution in [-0.2, 0) is 11.2 Å². The van der Waals surface area contributed by atoms with E-state index in [1.807, 2.05) is 11.0 Å². The van der Waals surface area contributed by atoms with Crippen LogP contribution < -0.4 is 10.1 Å². The van der Waals surface area contributed by atoms with E-state index in [1.165, 1.54) is 5.56 Å². The summed E-state index contributed by atoms with van der Waals surface area (Å²) in [6, 6.07) is 2.52. The summed E-state index contributed by atoms with van der Waals surface area (Å²) in [4.78, 5) is 17.3. The minimum absolute atomic E-state index is 0.140. The minimum atomic E-state index is 0.140. The van der Waals surface area contributed by atoms with Crippen molar-refractivity contribution in [2.75, 3.05) is 20.2 Å². The van der Waals surface area contributed by atoms with E-state index in [1.54, 1.807) is 14.0 Å². The molecule has 0 bridgehead atoms. The number of halogens is 1. The first-order valence-electron chi connectivity index (χ1n) is 6.83. The van der Waals surface area contributed by atoms with Gasteiger partial charge in [0.2, 0.25) is 11.8 Å². The van der Waals surface area contributed by atoms with Crippen LogP contribution in [0.1, 0.15) is 30.5 Å². The zero-order valence-corrected chi connectivity index (χ0v) is 12.4. The number of rotatable bonds is 3. The van der Waals surface area contributed by atoms with Crippen LogP contribution in [0.5, 0.6) is 5.88 Å². The van der Waals surface area contributed by atoms with Crippen molar-refractivity contribution in [1.29, 1.82) is 0 Å². The molecule has 5 nitrogen and oxygen atoms in total. The minimum Gasteiger partial charge on any atom is -0.481 e. The van der Waals surface area contributed by atoms with E-state index in [0.717, 1.165) is 31.5 Å². The lowest BCUT2D eigenvalue weighted by Gasteiger charge is -2.40. The molecule has 1 N–H and O–H groups in total. The van der Waals surface area contributed by atoms with Gasteiger partial charge in [-0.2, -0.15) is 0 Å². The number of likely N-dealkylation sites (tertiary alicyclic amines) is 1. The summed E-state index contributed by atoms with van der Waals surface area (Å²) in [6.07, 6.45) is 2.00. The number of carbonyl (C=O) groups is 1. The molecule has 20 heavy (non-hydrogen) atoms. The Hall–Kier alpha value is -1.33. The molecular weight excluding hydrogens is 278 g/mol. The van der Waals surface area contributed by atoms with E-state index in [9.17, 15) is 4.79 Å². The summed E-state index contributed by atoms with van der Waals surface area (Å²) >= 11 is 6.00. The predicted octanol–water partition coefficient (Wildman–Crippen LogP) is 1.55. The third kappa shape index (κ3) is 2.36. The molecule has 1 fully saturated rings. The molecule has 1 aliphatic heterocycles. The first-order chi connectivity index (χ1) is 9.58. The van der Waals surface area contributed by atoms with Gasteiger partial charge in [-0.15, -0.1) is 0 Å². The molecule has 1 aromatic heterocycles. The van der Waals surface area contributed by atoms with Crippen molar-refractivity contribution in [3.63, 3.8) is 0 Å². The Balaban J connectivity index is 1.72. The largest absolute Gasteiger partial charge is 0.481 e. The molecule has 0 saturated carbocycles. The zero-order valence-electron chi connectivity index (χ0n) is 11.6. The topological polar surface area (TPSA) is 54.5 Å². The van der Waals surface area contributed by atoms with Crippen LogP contribution in [0.25, 0.3) is 0 Å². The van der Waals surface area contributed by atoms with Crippen molar-refractivity contribution in [3.05, 3.63) is 22.3 Å². The highest BCUT2D eigenvalue weighted by molar-refractivity contribution is 6.29. The number of fused-ring (bicyclic) bond motifs is 1. The molecule has 1 aliphatic carbocycles. The van der Waals surface area contributed by atoms with Crippen molar-refractivity contribution in [2.45, 2.75) is 31.8 Å². The number of nitrogens with zero attached hydrogens (tertiary/aromatic N) is 2. The van der Waals surface area contributed by atoms with Crippen LogP contribution in [0, 0.1) is 0 Å². The fourth-order valence-electron chi connectivity index (χ4n) is 3.02. The smallest absolute Gasteiger partial charge is 0.219 e. The number of aryl methyl sites for hydroxylation is 1. The van der Waals surface area contributed by atoms with E-state index < -0.39 is 0 Å². The van der Waals surface area contributed by atoms with Gasteiger partial charge in [0.05, 0.1) is 7.11 Å². The highest BCUT2D eigenvalue weighted by atomic mass is 35.5. The third-order valence-electron chi connectivity index (χ3n) is 4.09. The van der Waals surface area contributed by atoms with Gasteiger partial charge in [0, 0.05) is 37.7 Å². The second kappa shape index (κ2) is 5.22. The lowest BCUT2D eigenvalue weighted by molar-refractivity contribution is -0.133. The second-order valence-electron chi connectivity index (χ2n) is 5.41. The van der Waals surface area contributed by atoms with Gasteiger partial charge >= 0.3 is 0 Å². The molecule has 3 rings (SSSR count). The van der Waals surface area contributed by atoms with Crippen molar-refractivity contribution in [2.24, 2.45) is 0 Å². The monoisotopic (exact) mass is 295 g/mol. The van der Waals surface area contributed by atoms with Crippen molar-refractivity contribution >= 4 is 17.5 Å². The van der Waals surface area contributed by atoms with Gasteiger partial charge in [0.1, 0.15) is 5.15 Å². The first-order valence-corrected chi connectivity index (χ1v) is 7.21. The predicted molar refractivity (Wildman–Crippen MR) is 76.0 cm³/mol. The molecule has 1 saturated heterocycles. The van der Waals surface area contributed by atoms with Gasteiger partial charge < -0.3 is 15.0 Å². The highest BCUT2D eigenvalue weighted by Gasteiger charge is 2.34. The molecule has 2 heterocycles. The molecule has 1 aromatic rings. The van der Waals surface area contributed by atoms with Gasteiger partial charge in [-0.25, -0.2) is 4.98 Å². The summed E-state index contributed by atoms with van der Waals surface area (Å²) in [5.41, 5.74) is 2.33. The molecule has 2 aliphatic rings. The van der Waals surface area contributed by atoms with E-state index in [2.05, 4.69) is 10.3 Å². The lowest BCUT2D eigenvalue weighted by atomic mass is 10.0. The quantitative estimate of drug-likeness (QED) is 0.860. The van der Waals surface area contributed by atoms with Gasteiger partial charge in [-0.1, -0.05) is 11.6 Å². The van der Waals surface area contributed by atoms with Crippen LogP contribution in [0.15, 0.2) is 6.07 Å². The molecule has 0 radical (unpaired) electrons. The fraction of sp³-hybridized carbons (Fsp3) is 0.571. The van der Waals surface area contributed by atoms with E-state index in [0.29, 0.717) is 17.1 Å². The maximum atomic E-state index is 11.2. The van der Waals surface area contributed by atoms with Gasteiger partial charge in [-0.05, 0) is 24.5 Å². The summed E-state index contributed by atoms with van der Waals surface area (Å²) < 4.78 is 5.36. The molecule has 6 heteroatoms. The van der Waals surface area contributed by atoms with Crippen LogP contribution in [0.3, 0.4) is 0 Å².